The van der Waals surface area contributed by atoms with Crippen molar-refractivity contribution in [2.45, 2.75) is 6.04 Å². The lowest BCUT2D eigenvalue weighted by atomic mass is 9.98. The summed E-state index contributed by atoms with van der Waals surface area (Å²) in [4.78, 5) is 0. The van der Waals surface area contributed by atoms with Gasteiger partial charge in [-0.15, -0.1) is 0 Å². The number of halogens is 3. The first kappa shape index (κ1) is 16.6. The zero-order valence-electron chi connectivity index (χ0n) is 11.5. The molecule has 0 aliphatic carbocycles. The van der Waals surface area contributed by atoms with Crippen molar-refractivity contribution in [2.75, 3.05) is 14.2 Å². The molecule has 0 spiro atoms. The van der Waals surface area contributed by atoms with Crippen molar-refractivity contribution in [1.82, 2.24) is 0 Å². The third-order valence-electron chi connectivity index (χ3n) is 3.16. The van der Waals surface area contributed by atoms with Crippen molar-refractivity contribution in [3.8, 4) is 11.5 Å². The molecule has 112 valence electrons. The van der Waals surface area contributed by atoms with Gasteiger partial charge in [0.25, 0.3) is 0 Å². The first-order chi connectivity index (χ1) is 9.99. The number of methoxy groups -OCH3 is 2. The van der Waals surface area contributed by atoms with Gasteiger partial charge >= 0.3 is 0 Å². The summed E-state index contributed by atoms with van der Waals surface area (Å²) in [6, 6.07) is 8.93. The Balaban J connectivity index is 2.56. The lowest BCUT2D eigenvalue weighted by molar-refractivity contribution is 0.395. The summed E-state index contributed by atoms with van der Waals surface area (Å²) in [5, 5.41) is 0.592. The van der Waals surface area contributed by atoms with Crippen LogP contribution in [-0.2, 0) is 0 Å². The Hall–Kier alpha value is -0.750. The molecular formula is C15H14Br2ClNO2. The van der Waals surface area contributed by atoms with Gasteiger partial charge in [-0.05, 0) is 55.6 Å². The number of hydrogen-bond acceptors (Lipinski definition) is 3. The van der Waals surface area contributed by atoms with E-state index in [9.17, 15) is 0 Å². The fourth-order valence-corrected chi connectivity index (χ4v) is 3.16. The van der Waals surface area contributed by atoms with E-state index in [4.69, 9.17) is 26.8 Å². The quantitative estimate of drug-likeness (QED) is 0.741. The van der Waals surface area contributed by atoms with E-state index in [2.05, 4.69) is 31.9 Å². The maximum absolute atomic E-state index is 6.38. The molecule has 0 amide bonds. The maximum atomic E-state index is 6.38. The molecule has 0 aromatic heterocycles. The Morgan fingerprint density at radius 2 is 1.67 bits per heavy atom. The highest BCUT2D eigenvalue weighted by Crippen LogP contribution is 2.39. The smallest absolute Gasteiger partial charge is 0.133 e. The standard InChI is InChI=1S/C15H14Br2ClNO2/c1-20-12-7-11(17)13(21-2)6-9(12)15(19)8-4-3-5-10(16)14(8)18/h3-7,15H,19H2,1-2H3. The van der Waals surface area contributed by atoms with Crippen LogP contribution in [0.4, 0.5) is 0 Å². The monoisotopic (exact) mass is 433 g/mol. The highest BCUT2D eigenvalue weighted by molar-refractivity contribution is 9.10. The lowest BCUT2D eigenvalue weighted by Gasteiger charge is -2.19. The summed E-state index contributed by atoms with van der Waals surface area (Å²) >= 11 is 13.2. The van der Waals surface area contributed by atoms with Crippen molar-refractivity contribution < 1.29 is 9.47 Å². The van der Waals surface area contributed by atoms with Crippen molar-refractivity contribution >= 4 is 43.5 Å². The third-order valence-corrected chi connectivity index (χ3v) is 5.09. The van der Waals surface area contributed by atoms with E-state index in [1.165, 1.54) is 0 Å². The van der Waals surface area contributed by atoms with Crippen LogP contribution in [0.1, 0.15) is 17.2 Å². The van der Waals surface area contributed by atoms with Gasteiger partial charge in [-0.2, -0.15) is 0 Å². The van der Waals surface area contributed by atoms with Crippen molar-refractivity contribution in [1.29, 1.82) is 0 Å². The summed E-state index contributed by atoms with van der Waals surface area (Å²) in [5.41, 5.74) is 8.00. The molecule has 1 atom stereocenters. The fraction of sp³-hybridized carbons (Fsp3) is 0.200. The Labute approximate surface area is 145 Å². The molecule has 0 aliphatic heterocycles. The van der Waals surface area contributed by atoms with Gasteiger partial charge in [0.05, 0.1) is 29.8 Å². The van der Waals surface area contributed by atoms with E-state index < -0.39 is 6.04 Å². The number of benzene rings is 2. The van der Waals surface area contributed by atoms with E-state index >= 15 is 0 Å². The first-order valence-electron chi connectivity index (χ1n) is 6.10. The predicted molar refractivity (Wildman–Crippen MR) is 92.4 cm³/mol. The van der Waals surface area contributed by atoms with E-state index in [0.29, 0.717) is 16.5 Å². The Morgan fingerprint density at radius 3 is 2.29 bits per heavy atom. The van der Waals surface area contributed by atoms with Crippen LogP contribution in [0, 0.1) is 0 Å². The number of hydrogen-bond donors (Lipinski definition) is 1. The Kier molecular flexibility index (Phi) is 5.54. The highest BCUT2D eigenvalue weighted by atomic mass is 79.9. The summed E-state index contributed by atoms with van der Waals surface area (Å²) < 4.78 is 12.4. The van der Waals surface area contributed by atoms with Crippen molar-refractivity contribution in [3.05, 3.63) is 55.4 Å². The molecular weight excluding hydrogens is 421 g/mol. The van der Waals surface area contributed by atoms with Gasteiger partial charge in [-0.25, -0.2) is 0 Å². The molecule has 6 heteroatoms. The average molecular weight is 436 g/mol. The van der Waals surface area contributed by atoms with Gasteiger partial charge < -0.3 is 15.2 Å². The van der Waals surface area contributed by atoms with Gasteiger partial charge in [0.1, 0.15) is 11.5 Å². The van der Waals surface area contributed by atoms with E-state index in [1.807, 2.05) is 30.3 Å². The maximum Gasteiger partial charge on any atom is 0.133 e. The summed E-state index contributed by atoms with van der Waals surface area (Å²) in [6.45, 7) is 0. The molecule has 2 aromatic carbocycles. The van der Waals surface area contributed by atoms with Crippen LogP contribution in [0.2, 0.25) is 5.02 Å². The molecule has 2 N–H and O–H groups in total. The van der Waals surface area contributed by atoms with Gasteiger partial charge in [0.2, 0.25) is 0 Å². The van der Waals surface area contributed by atoms with Crippen molar-refractivity contribution in [2.24, 2.45) is 5.73 Å². The van der Waals surface area contributed by atoms with Gasteiger partial charge in [-0.1, -0.05) is 23.7 Å². The van der Waals surface area contributed by atoms with Gasteiger partial charge in [-0.3, -0.25) is 0 Å². The SMILES string of the molecule is COc1cc(C(N)c2cccc(Br)c2Cl)c(OC)cc1Br. The van der Waals surface area contributed by atoms with Crippen LogP contribution in [0.3, 0.4) is 0 Å². The minimum atomic E-state index is -0.424. The number of nitrogens with two attached hydrogens (primary N) is 1. The second-order valence-corrected chi connectivity index (χ2v) is 6.44. The first-order valence-corrected chi connectivity index (χ1v) is 8.07. The summed E-state index contributed by atoms with van der Waals surface area (Å²) in [7, 11) is 3.21. The summed E-state index contributed by atoms with van der Waals surface area (Å²) in [6.07, 6.45) is 0. The second kappa shape index (κ2) is 7.01. The molecule has 21 heavy (non-hydrogen) atoms. The average Bonchev–Trinajstić information content (AvgIpc) is 2.49. The van der Waals surface area contributed by atoms with Crippen molar-refractivity contribution in [3.63, 3.8) is 0 Å². The molecule has 1 unspecified atom stereocenters. The van der Waals surface area contributed by atoms with Crippen LogP contribution >= 0.6 is 43.5 Å². The zero-order valence-corrected chi connectivity index (χ0v) is 15.4. The fourth-order valence-electron chi connectivity index (χ4n) is 2.06. The zero-order chi connectivity index (χ0) is 15.6. The number of ether oxygens (including phenoxy) is 2. The highest BCUT2D eigenvalue weighted by Gasteiger charge is 2.20. The van der Waals surface area contributed by atoms with E-state index in [-0.39, 0.29) is 0 Å². The third kappa shape index (κ3) is 3.37. The van der Waals surface area contributed by atoms with Gasteiger partial charge in [0.15, 0.2) is 0 Å². The van der Waals surface area contributed by atoms with Crippen LogP contribution < -0.4 is 15.2 Å². The number of rotatable bonds is 4. The molecule has 0 saturated carbocycles. The van der Waals surface area contributed by atoms with E-state index in [1.54, 1.807) is 14.2 Å². The predicted octanol–water partition coefficient (Wildman–Crippen LogP) is 4.93. The Morgan fingerprint density at radius 1 is 1.00 bits per heavy atom. The van der Waals surface area contributed by atoms with Crippen LogP contribution in [-0.4, -0.2) is 14.2 Å². The molecule has 2 rings (SSSR count). The summed E-state index contributed by atoms with van der Waals surface area (Å²) in [5.74, 6) is 1.36. The van der Waals surface area contributed by atoms with Crippen LogP contribution in [0.15, 0.2) is 39.3 Å². The van der Waals surface area contributed by atoms with Crippen LogP contribution in [0.25, 0.3) is 0 Å². The molecule has 0 fully saturated rings. The molecule has 0 bridgehead atoms. The largest absolute Gasteiger partial charge is 0.496 e. The molecule has 0 heterocycles. The topological polar surface area (TPSA) is 44.5 Å². The molecule has 0 aliphatic rings. The lowest BCUT2D eigenvalue weighted by Crippen LogP contribution is -2.14. The van der Waals surface area contributed by atoms with Gasteiger partial charge in [0, 0.05) is 10.0 Å². The van der Waals surface area contributed by atoms with E-state index in [0.717, 1.165) is 20.1 Å². The Bertz CT molecular complexity index is 664. The molecule has 0 radical (unpaired) electrons. The normalized spacial score (nSPS) is 12.1. The minimum Gasteiger partial charge on any atom is -0.496 e. The molecule has 0 saturated heterocycles. The molecule has 3 nitrogen and oxygen atoms in total. The minimum absolute atomic E-state index is 0.424. The second-order valence-electron chi connectivity index (χ2n) is 4.35. The molecule has 2 aromatic rings. The van der Waals surface area contributed by atoms with Crippen LogP contribution in [0.5, 0.6) is 11.5 Å².